The zero-order valence-electron chi connectivity index (χ0n) is 23.5. The summed E-state index contributed by atoms with van der Waals surface area (Å²) < 4.78 is 32.2. The number of piperazine rings is 1. The second-order valence-corrected chi connectivity index (χ2v) is 13.7. The van der Waals surface area contributed by atoms with E-state index in [1.165, 1.54) is 10.6 Å². The summed E-state index contributed by atoms with van der Waals surface area (Å²) in [6.07, 6.45) is 3.64. The summed E-state index contributed by atoms with van der Waals surface area (Å²) in [5, 5.41) is 14.7. The number of hydrogen-bond acceptors (Lipinski definition) is 8. The summed E-state index contributed by atoms with van der Waals surface area (Å²) in [6, 6.07) is 9.57. The minimum Gasteiger partial charge on any atom is -0.404 e. The summed E-state index contributed by atoms with van der Waals surface area (Å²) in [5.41, 5.74) is 0.475. The number of rotatable bonds is 8. The summed E-state index contributed by atoms with van der Waals surface area (Å²) >= 11 is 0. The second kappa shape index (κ2) is 11.8. The molecule has 0 radical (unpaired) electrons. The maximum atomic E-state index is 13.1. The number of sulfonamides is 1. The van der Waals surface area contributed by atoms with Crippen LogP contribution in [0, 0.1) is 0 Å². The summed E-state index contributed by atoms with van der Waals surface area (Å²) in [6.45, 7) is 7.07. The second-order valence-electron chi connectivity index (χ2n) is 11.7. The highest BCUT2D eigenvalue weighted by Gasteiger charge is 2.42. The number of fused-ring (bicyclic) bond motifs is 3. The van der Waals surface area contributed by atoms with Crippen molar-refractivity contribution in [1.29, 1.82) is 0 Å². The van der Waals surface area contributed by atoms with E-state index >= 15 is 0 Å². The van der Waals surface area contributed by atoms with Gasteiger partial charge in [0.2, 0.25) is 10.0 Å². The first-order valence-electron chi connectivity index (χ1n) is 14.2. The molecule has 0 spiro atoms. The van der Waals surface area contributed by atoms with E-state index in [1.807, 2.05) is 38.1 Å². The van der Waals surface area contributed by atoms with Gasteiger partial charge in [-0.2, -0.15) is 4.31 Å². The van der Waals surface area contributed by atoms with Gasteiger partial charge in [0.1, 0.15) is 0 Å². The van der Waals surface area contributed by atoms with E-state index < -0.39 is 22.2 Å². The van der Waals surface area contributed by atoms with Gasteiger partial charge in [0.25, 0.3) is 5.56 Å². The number of aliphatic hydroxyl groups excluding tert-OH is 1. The van der Waals surface area contributed by atoms with Crippen LogP contribution in [0.1, 0.15) is 45.6 Å². The van der Waals surface area contributed by atoms with Gasteiger partial charge in [-0.05, 0) is 51.7 Å². The quantitative estimate of drug-likeness (QED) is 0.487. The van der Waals surface area contributed by atoms with Crippen molar-refractivity contribution >= 4 is 27.0 Å². The Bertz CT molecular complexity index is 1370. The molecule has 3 aliphatic rings. The SMILES string of the molecule is CC(C)n1c(=O)c(OC(=O)NC2C[C@H]3CC[C@@H](C2)N3C[C@H](O)CN2CCN(S(C)(=O)=O)CC2)cc2ccccc21. The molecule has 3 aliphatic heterocycles. The van der Waals surface area contributed by atoms with Gasteiger partial charge in [0, 0.05) is 68.8 Å². The number of carbonyl (C=O) groups is 1. The Hall–Kier alpha value is -2.51. The number of ether oxygens (including phenoxy) is 1. The minimum atomic E-state index is -3.17. The fourth-order valence-electron chi connectivity index (χ4n) is 6.67. The van der Waals surface area contributed by atoms with Crippen molar-refractivity contribution in [3.8, 4) is 5.75 Å². The van der Waals surface area contributed by atoms with Crippen molar-refractivity contribution in [2.45, 2.75) is 69.8 Å². The molecule has 3 saturated heterocycles. The molecule has 0 saturated carbocycles. The number of aliphatic hydroxyl groups is 1. The maximum Gasteiger partial charge on any atom is 0.413 e. The van der Waals surface area contributed by atoms with Crippen LogP contribution in [0.15, 0.2) is 35.1 Å². The van der Waals surface area contributed by atoms with Crippen molar-refractivity contribution in [3.05, 3.63) is 40.7 Å². The first-order chi connectivity index (χ1) is 19.0. The Morgan fingerprint density at radius 3 is 2.35 bits per heavy atom. The molecule has 220 valence electrons. The van der Waals surface area contributed by atoms with Gasteiger partial charge in [-0.15, -0.1) is 0 Å². The lowest BCUT2D eigenvalue weighted by Crippen LogP contribution is -2.55. The average molecular weight is 576 g/mol. The smallest absolute Gasteiger partial charge is 0.404 e. The molecule has 11 nitrogen and oxygen atoms in total. The molecular weight excluding hydrogens is 534 g/mol. The first kappa shape index (κ1) is 29.0. The largest absolute Gasteiger partial charge is 0.413 e. The number of nitrogens with one attached hydrogen (secondary N) is 1. The van der Waals surface area contributed by atoms with E-state index in [1.54, 1.807) is 10.6 Å². The van der Waals surface area contributed by atoms with E-state index in [9.17, 15) is 23.1 Å². The van der Waals surface area contributed by atoms with Crippen LogP contribution in [-0.2, 0) is 10.0 Å². The van der Waals surface area contributed by atoms with Crippen molar-refractivity contribution in [3.63, 3.8) is 0 Å². The monoisotopic (exact) mass is 575 g/mol. The number of hydrogen-bond donors (Lipinski definition) is 2. The van der Waals surface area contributed by atoms with Crippen LogP contribution in [0.3, 0.4) is 0 Å². The average Bonchev–Trinajstić information content (AvgIpc) is 3.10. The van der Waals surface area contributed by atoms with Gasteiger partial charge in [-0.3, -0.25) is 14.6 Å². The molecule has 1 aromatic carbocycles. The van der Waals surface area contributed by atoms with Crippen LogP contribution in [0.2, 0.25) is 0 Å². The van der Waals surface area contributed by atoms with Crippen LogP contribution >= 0.6 is 0 Å². The maximum absolute atomic E-state index is 13.1. The van der Waals surface area contributed by atoms with Crippen LogP contribution in [0.4, 0.5) is 4.79 Å². The van der Waals surface area contributed by atoms with Crippen molar-refractivity contribution in [1.82, 2.24) is 24.0 Å². The minimum absolute atomic E-state index is 0.0193. The number of para-hydroxylation sites is 1. The first-order valence-corrected chi connectivity index (χ1v) is 16.1. The molecule has 3 fully saturated rings. The van der Waals surface area contributed by atoms with Crippen LogP contribution in [0.5, 0.6) is 5.75 Å². The predicted octanol–water partition coefficient (Wildman–Crippen LogP) is 1.60. The lowest BCUT2D eigenvalue weighted by atomic mass is 9.97. The van der Waals surface area contributed by atoms with Gasteiger partial charge in [-0.1, -0.05) is 18.2 Å². The molecule has 4 heterocycles. The predicted molar refractivity (Wildman–Crippen MR) is 153 cm³/mol. The number of carbonyl (C=O) groups excluding carboxylic acids is 1. The molecule has 2 aromatic rings. The van der Waals surface area contributed by atoms with Crippen molar-refractivity contribution < 1.29 is 23.1 Å². The molecule has 2 N–H and O–H groups in total. The zero-order valence-corrected chi connectivity index (χ0v) is 24.3. The third-order valence-electron chi connectivity index (χ3n) is 8.53. The Balaban J connectivity index is 1.14. The highest BCUT2D eigenvalue weighted by atomic mass is 32.2. The number of nitrogens with zero attached hydrogens (tertiary/aromatic N) is 4. The molecule has 2 bridgehead atoms. The van der Waals surface area contributed by atoms with Crippen molar-refractivity contribution in [2.75, 3.05) is 45.5 Å². The van der Waals surface area contributed by atoms with E-state index in [0.29, 0.717) is 39.3 Å². The van der Waals surface area contributed by atoms with E-state index in [-0.39, 0.29) is 35.5 Å². The fraction of sp³-hybridized carbons (Fsp3) is 0.643. The Kier molecular flexibility index (Phi) is 8.53. The molecule has 0 aliphatic carbocycles. The molecule has 4 atom stereocenters. The van der Waals surface area contributed by atoms with E-state index in [2.05, 4.69) is 15.1 Å². The fourth-order valence-corrected chi connectivity index (χ4v) is 7.50. The molecule has 1 aromatic heterocycles. The molecular formula is C28H41N5O6S. The molecule has 12 heteroatoms. The molecule has 5 rings (SSSR count). The molecule has 40 heavy (non-hydrogen) atoms. The number of benzene rings is 1. The number of amides is 1. The van der Waals surface area contributed by atoms with Gasteiger partial charge in [0.15, 0.2) is 5.75 Å². The summed E-state index contributed by atoms with van der Waals surface area (Å²) in [7, 11) is -3.17. The van der Waals surface area contributed by atoms with Crippen molar-refractivity contribution in [2.24, 2.45) is 0 Å². The van der Waals surface area contributed by atoms with E-state index in [4.69, 9.17) is 4.74 Å². The van der Waals surface area contributed by atoms with Gasteiger partial charge < -0.3 is 19.7 Å². The van der Waals surface area contributed by atoms with E-state index in [0.717, 1.165) is 36.6 Å². The van der Waals surface area contributed by atoms with Gasteiger partial charge in [0.05, 0.1) is 17.9 Å². The number of β-amino-alcohol motifs (C(OH)–C–C–N with tert-alkyl or cyclic N) is 1. The van der Waals surface area contributed by atoms with Gasteiger partial charge >= 0.3 is 6.09 Å². The topological polar surface area (TPSA) is 124 Å². The Morgan fingerprint density at radius 1 is 1.07 bits per heavy atom. The van der Waals surface area contributed by atoms with Crippen LogP contribution < -0.4 is 15.6 Å². The number of pyridine rings is 1. The summed E-state index contributed by atoms with van der Waals surface area (Å²) in [4.78, 5) is 30.5. The summed E-state index contributed by atoms with van der Waals surface area (Å²) in [5.74, 6) is 0.0193. The third-order valence-corrected chi connectivity index (χ3v) is 9.83. The Morgan fingerprint density at radius 2 is 1.73 bits per heavy atom. The van der Waals surface area contributed by atoms with Gasteiger partial charge in [-0.25, -0.2) is 13.2 Å². The third kappa shape index (κ3) is 6.36. The molecule has 1 unspecified atom stereocenters. The lowest BCUT2D eigenvalue weighted by molar-refractivity contribution is 0.0282. The number of piperidine rings is 1. The highest BCUT2D eigenvalue weighted by molar-refractivity contribution is 7.88. The normalized spacial score (nSPS) is 25.4. The Labute approximate surface area is 235 Å². The standard InChI is InChI=1S/C28H41N5O6S/c1-19(2)33-25-7-5-4-6-20(25)14-26(27(33)35)39-28(36)29-21-15-22-8-9-23(16-21)32(22)18-24(34)17-30-10-12-31(13-11-30)40(3,37)38/h4-7,14,19,21-24,34H,8-13,15-18H2,1-3H3,(H,29,36)/t21?,22-,23+,24-/m1/s1. The molecule has 1 amide bonds. The van der Waals surface area contributed by atoms with Crippen LogP contribution in [-0.4, -0.2) is 108 Å². The lowest BCUT2D eigenvalue weighted by Gasteiger charge is -2.41. The highest BCUT2D eigenvalue weighted by Crippen LogP contribution is 2.36. The zero-order chi connectivity index (χ0) is 28.6. The van der Waals surface area contributed by atoms with Crippen LogP contribution in [0.25, 0.3) is 10.9 Å². The number of aromatic nitrogens is 1.